The predicted octanol–water partition coefficient (Wildman–Crippen LogP) is 2.53. The third-order valence-corrected chi connectivity index (χ3v) is 3.85. The first-order valence-electron chi connectivity index (χ1n) is 5.90. The molecule has 0 aliphatic carbocycles. The summed E-state index contributed by atoms with van der Waals surface area (Å²) >= 11 is 3.11. The van der Waals surface area contributed by atoms with Crippen molar-refractivity contribution in [2.75, 3.05) is 0 Å². The molecule has 0 aliphatic rings. The summed E-state index contributed by atoms with van der Waals surface area (Å²) in [4.78, 5) is 23.3. The fourth-order valence-electron chi connectivity index (χ4n) is 1.73. The van der Waals surface area contributed by atoms with Gasteiger partial charge in [-0.25, -0.2) is 4.79 Å². The van der Waals surface area contributed by atoms with E-state index in [4.69, 9.17) is 0 Å². The zero-order valence-electron chi connectivity index (χ0n) is 10.7. The summed E-state index contributed by atoms with van der Waals surface area (Å²) in [6.45, 7) is 3.41. The number of amides is 1. The number of halogens is 1. The second-order valence-electron chi connectivity index (χ2n) is 4.21. The number of carbonyl (C=O) groups is 2. The molecule has 1 aromatic rings. The molecule has 0 heterocycles. The number of carbonyl (C=O) groups excluding carboxylic acids is 1. The molecular weight excluding hydrogens is 314 g/mol. The topological polar surface area (TPSA) is 86.6 Å². The van der Waals surface area contributed by atoms with Crippen molar-refractivity contribution < 1.29 is 19.8 Å². The number of carboxylic acids is 1. The second-order valence-corrected chi connectivity index (χ2v) is 5.07. The van der Waals surface area contributed by atoms with E-state index in [0.29, 0.717) is 4.47 Å². The lowest BCUT2D eigenvalue weighted by atomic mass is 9.92. The Morgan fingerprint density at radius 2 is 1.89 bits per heavy atom. The van der Waals surface area contributed by atoms with Crippen LogP contribution in [-0.2, 0) is 4.79 Å². The van der Waals surface area contributed by atoms with Crippen molar-refractivity contribution in [3.63, 3.8) is 0 Å². The highest BCUT2D eigenvalue weighted by molar-refractivity contribution is 9.10. The van der Waals surface area contributed by atoms with Crippen LogP contribution in [0, 0.1) is 0 Å². The van der Waals surface area contributed by atoms with Crippen LogP contribution >= 0.6 is 15.9 Å². The van der Waals surface area contributed by atoms with Crippen LogP contribution in [0.25, 0.3) is 0 Å². The van der Waals surface area contributed by atoms with Crippen LogP contribution in [0.5, 0.6) is 5.75 Å². The standard InChI is InChI=1S/C13H16BrNO4/c1-3-13(4-2,12(18)19)15-11(17)8-5-6-9(14)10(16)7-8/h5-7,16H,3-4H2,1-2H3,(H,15,17)(H,18,19). The van der Waals surface area contributed by atoms with Gasteiger partial charge in [0, 0.05) is 5.56 Å². The van der Waals surface area contributed by atoms with E-state index < -0.39 is 17.4 Å². The van der Waals surface area contributed by atoms with Gasteiger partial charge >= 0.3 is 5.97 Å². The summed E-state index contributed by atoms with van der Waals surface area (Å²) in [5.41, 5.74) is -1.06. The molecule has 0 bridgehead atoms. The van der Waals surface area contributed by atoms with Gasteiger partial charge in [-0.05, 0) is 47.0 Å². The molecule has 5 nitrogen and oxygen atoms in total. The highest BCUT2D eigenvalue weighted by Gasteiger charge is 2.36. The first kappa shape index (κ1) is 15.5. The number of rotatable bonds is 5. The fourth-order valence-corrected chi connectivity index (χ4v) is 1.97. The van der Waals surface area contributed by atoms with Crippen LogP contribution < -0.4 is 5.32 Å². The SMILES string of the molecule is CCC(CC)(NC(=O)c1ccc(Br)c(O)c1)C(=O)O. The monoisotopic (exact) mass is 329 g/mol. The summed E-state index contributed by atoms with van der Waals surface area (Å²) in [6.07, 6.45) is 0.570. The Hall–Kier alpha value is -1.56. The number of aromatic hydroxyl groups is 1. The van der Waals surface area contributed by atoms with Gasteiger partial charge < -0.3 is 15.5 Å². The van der Waals surface area contributed by atoms with E-state index in [9.17, 15) is 19.8 Å². The van der Waals surface area contributed by atoms with Crippen LogP contribution in [0.4, 0.5) is 0 Å². The van der Waals surface area contributed by atoms with Crippen LogP contribution in [0.15, 0.2) is 22.7 Å². The molecule has 0 radical (unpaired) electrons. The molecule has 0 unspecified atom stereocenters. The van der Waals surface area contributed by atoms with Gasteiger partial charge in [-0.3, -0.25) is 4.79 Å². The average molecular weight is 330 g/mol. The van der Waals surface area contributed by atoms with Crippen molar-refractivity contribution in [3.8, 4) is 5.75 Å². The molecule has 0 aliphatic heterocycles. The zero-order chi connectivity index (χ0) is 14.6. The minimum absolute atomic E-state index is 0.0680. The van der Waals surface area contributed by atoms with Crippen molar-refractivity contribution in [2.24, 2.45) is 0 Å². The molecule has 104 valence electrons. The summed E-state index contributed by atoms with van der Waals surface area (Å²) < 4.78 is 0.472. The first-order valence-corrected chi connectivity index (χ1v) is 6.70. The number of phenols is 1. The number of carboxylic acid groups (broad SMARTS) is 1. The predicted molar refractivity (Wildman–Crippen MR) is 74.2 cm³/mol. The summed E-state index contributed by atoms with van der Waals surface area (Å²) in [6, 6.07) is 4.33. The Morgan fingerprint density at radius 3 is 2.32 bits per heavy atom. The molecule has 3 N–H and O–H groups in total. The average Bonchev–Trinajstić information content (AvgIpc) is 2.38. The number of benzene rings is 1. The van der Waals surface area contributed by atoms with Gasteiger partial charge in [0.15, 0.2) is 0 Å². The van der Waals surface area contributed by atoms with Crippen LogP contribution in [0.1, 0.15) is 37.0 Å². The van der Waals surface area contributed by atoms with Crippen molar-refractivity contribution >= 4 is 27.8 Å². The Bertz CT molecular complexity index is 497. The van der Waals surface area contributed by atoms with E-state index in [0.717, 1.165) is 0 Å². The van der Waals surface area contributed by atoms with Gasteiger partial charge in [0.25, 0.3) is 5.91 Å². The highest BCUT2D eigenvalue weighted by Crippen LogP contribution is 2.25. The molecule has 1 rings (SSSR count). The van der Waals surface area contributed by atoms with Gasteiger partial charge in [0.2, 0.25) is 0 Å². The zero-order valence-corrected chi connectivity index (χ0v) is 12.3. The molecule has 0 saturated carbocycles. The van der Waals surface area contributed by atoms with E-state index in [1.54, 1.807) is 13.8 Å². The Balaban J connectivity index is 3.00. The minimum atomic E-state index is -1.28. The lowest BCUT2D eigenvalue weighted by Gasteiger charge is -2.28. The summed E-state index contributed by atoms with van der Waals surface area (Å²) in [5.74, 6) is -1.65. The van der Waals surface area contributed by atoms with Gasteiger partial charge in [-0.15, -0.1) is 0 Å². The van der Waals surface area contributed by atoms with E-state index in [2.05, 4.69) is 21.2 Å². The molecule has 0 atom stereocenters. The third kappa shape index (κ3) is 3.26. The molecular formula is C13H16BrNO4. The highest BCUT2D eigenvalue weighted by atomic mass is 79.9. The number of hydrogen-bond acceptors (Lipinski definition) is 3. The van der Waals surface area contributed by atoms with Crippen molar-refractivity contribution in [1.29, 1.82) is 0 Å². The van der Waals surface area contributed by atoms with Crippen molar-refractivity contribution in [3.05, 3.63) is 28.2 Å². The number of nitrogens with one attached hydrogen (secondary N) is 1. The second kappa shape index (κ2) is 6.06. The smallest absolute Gasteiger partial charge is 0.329 e. The maximum atomic E-state index is 12.0. The molecule has 19 heavy (non-hydrogen) atoms. The Labute approximate surface area is 119 Å². The quantitative estimate of drug-likeness (QED) is 0.774. The lowest BCUT2D eigenvalue weighted by molar-refractivity contribution is -0.144. The largest absolute Gasteiger partial charge is 0.507 e. The molecule has 0 saturated heterocycles. The van der Waals surface area contributed by atoms with Gasteiger partial charge in [-0.2, -0.15) is 0 Å². The van der Waals surface area contributed by atoms with E-state index >= 15 is 0 Å². The molecule has 6 heteroatoms. The van der Waals surface area contributed by atoms with Crippen molar-refractivity contribution in [2.45, 2.75) is 32.2 Å². The molecule has 0 aromatic heterocycles. The van der Waals surface area contributed by atoms with E-state index in [-0.39, 0.29) is 24.2 Å². The number of hydrogen-bond donors (Lipinski definition) is 3. The van der Waals surface area contributed by atoms with E-state index in [1.165, 1.54) is 18.2 Å². The normalized spacial score (nSPS) is 11.1. The number of phenolic OH excluding ortho intramolecular Hbond substituents is 1. The molecule has 1 amide bonds. The fraction of sp³-hybridized carbons (Fsp3) is 0.385. The number of aliphatic carboxylic acids is 1. The van der Waals surface area contributed by atoms with Gasteiger partial charge in [0.1, 0.15) is 11.3 Å². The van der Waals surface area contributed by atoms with Gasteiger partial charge in [0.05, 0.1) is 4.47 Å². The molecule has 0 spiro atoms. The first-order chi connectivity index (χ1) is 8.86. The lowest BCUT2D eigenvalue weighted by Crippen LogP contribution is -2.53. The van der Waals surface area contributed by atoms with Gasteiger partial charge in [-0.1, -0.05) is 13.8 Å². The minimum Gasteiger partial charge on any atom is -0.507 e. The molecule has 1 aromatic carbocycles. The van der Waals surface area contributed by atoms with Crippen LogP contribution in [0.3, 0.4) is 0 Å². The maximum Gasteiger partial charge on any atom is 0.329 e. The Morgan fingerprint density at radius 1 is 1.32 bits per heavy atom. The third-order valence-electron chi connectivity index (χ3n) is 3.18. The molecule has 0 fully saturated rings. The maximum absolute atomic E-state index is 12.0. The Kier molecular flexibility index (Phi) is 4.94. The summed E-state index contributed by atoms with van der Waals surface area (Å²) in [7, 11) is 0. The van der Waals surface area contributed by atoms with Crippen molar-refractivity contribution in [1.82, 2.24) is 5.32 Å². The van der Waals surface area contributed by atoms with E-state index in [1.807, 2.05) is 0 Å². The summed E-state index contributed by atoms with van der Waals surface area (Å²) in [5, 5.41) is 21.3. The van der Waals surface area contributed by atoms with Crippen LogP contribution in [0.2, 0.25) is 0 Å². The van der Waals surface area contributed by atoms with Crippen LogP contribution in [-0.4, -0.2) is 27.6 Å².